The standard InChI is InChI=1S/C33H48O4/c1-9-13-34-27-17-23-25(19-29(27)36-15-11-3)33(21-31(23,5)6)22-32(7,8)24-18-28(35-14-10-2)30(20-26(24)33)37-16-12-4/h17-20H,9-16,21-22H2,1-8H3. The Morgan fingerprint density at radius 3 is 1.03 bits per heavy atom. The van der Waals surface area contributed by atoms with E-state index < -0.39 is 0 Å². The van der Waals surface area contributed by atoms with E-state index in [0.717, 1.165) is 61.5 Å². The Morgan fingerprint density at radius 1 is 0.486 bits per heavy atom. The largest absolute Gasteiger partial charge is 0.490 e. The molecule has 0 N–H and O–H groups in total. The predicted octanol–water partition coefficient (Wildman–Crippen LogP) is 8.49. The first-order chi connectivity index (χ1) is 17.6. The predicted molar refractivity (Wildman–Crippen MR) is 152 cm³/mol. The van der Waals surface area contributed by atoms with E-state index in [1.54, 1.807) is 0 Å². The molecule has 2 aliphatic carbocycles. The van der Waals surface area contributed by atoms with Gasteiger partial charge >= 0.3 is 0 Å². The van der Waals surface area contributed by atoms with Gasteiger partial charge in [-0.2, -0.15) is 0 Å². The molecule has 2 aromatic rings. The average molecular weight is 509 g/mol. The van der Waals surface area contributed by atoms with Crippen LogP contribution < -0.4 is 18.9 Å². The van der Waals surface area contributed by atoms with Crippen molar-refractivity contribution in [3.63, 3.8) is 0 Å². The Bertz CT molecular complexity index is 1010. The second-order valence-electron chi connectivity index (χ2n) is 12.3. The Morgan fingerprint density at radius 2 is 0.757 bits per heavy atom. The molecule has 0 amide bonds. The van der Waals surface area contributed by atoms with E-state index in [4.69, 9.17) is 18.9 Å². The van der Waals surface area contributed by atoms with E-state index in [1.165, 1.54) is 22.3 Å². The van der Waals surface area contributed by atoms with Crippen molar-refractivity contribution in [2.24, 2.45) is 0 Å². The van der Waals surface area contributed by atoms with Gasteiger partial charge in [0.1, 0.15) is 0 Å². The van der Waals surface area contributed by atoms with Gasteiger partial charge in [-0.1, -0.05) is 55.4 Å². The number of rotatable bonds is 12. The van der Waals surface area contributed by atoms with Gasteiger partial charge in [0.15, 0.2) is 23.0 Å². The van der Waals surface area contributed by atoms with Crippen LogP contribution in [0.3, 0.4) is 0 Å². The first-order valence-corrected chi connectivity index (χ1v) is 14.5. The molecule has 37 heavy (non-hydrogen) atoms. The van der Waals surface area contributed by atoms with Crippen LogP contribution in [0.2, 0.25) is 0 Å². The quantitative estimate of drug-likeness (QED) is 0.288. The first-order valence-electron chi connectivity index (χ1n) is 14.5. The molecule has 0 aromatic heterocycles. The zero-order valence-electron chi connectivity index (χ0n) is 24.5. The Labute approximate surface area is 225 Å². The second kappa shape index (κ2) is 10.8. The average Bonchev–Trinajstić information content (AvgIpc) is 3.21. The van der Waals surface area contributed by atoms with Crippen LogP contribution in [-0.2, 0) is 16.2 Å². The molecule has 0 unspecified atom stereocenters. The number of ether oxygens (including phenoxy) is 4. The van der Waals surface area contributed by atoms with Crippen LogP contribution in [0.1, 0.15) is 116 Å². The minimum atomic E-state index is -0.0983. The van der Waals surface area contributed by atoms with Crippen LogP contribution in [0.5, 0.6) is 23.0 Å². The highest BCUT2D eigenvalue weighted by molar-refractivity contribution is 5.65. The fourth-order valence-corrected chi connectivity index (χ4v) is 6.62. The van der Waals surface area contributed by atoms with Gasteiger partial charge in [-0.25, -0.2) is 0 Å². The molecule has 1 spiro atoms. The van der Waals surface area contributed by atoms with E-state index in [-0.39, 0.29) is 16.2 Å². The molecule has 0 aliphatic heterocycles. The minimum Gasteiger partial charge on any atom is -0.490 e. The maximum Gasteiger partial charge on any atom is 0.161 e. The molecule has 4 heteroatoms. The van der Waals surface area contributed by atoms with Gasteiger partial charge in [0.2, 0.25) is 0 Å². The van der Waals surface area contributed by atoms with Crippen molar-refractivity contribution in [1.29, 1.82) is 0 Å². The summed E-state index contributed by atoms with van der Waals surface area (Å²) in [7, 11) is 0. The van der Waals surface area contributed by atoms with Crippen LogP contribution in [0.15, 0.2) is 24.3 Å². The maximum absolute atomic E-state index is 6.29. The minimum absolute atomic E-state index is 0.0163. The molecular formula is C33H48O4. The van der Waals surface area contributed by atoms with Gasteiger partial charge in [0.05, 0.1) is 26.4 Å². The van der Waals surface area contributed by atoms with Crippen LogP contribution in [0, 0.1) is 0 Å². The summed E-state index contributed by atoms with van der Waals surface area (Å²) in [6.07, 6.45) is 5.99. The van der Waals surface area contributed by atoms with E-state index in [9.17, 15) is 0 Å². The van der Waals surface area contributed by atoms with Gasteiger partial charge in [-0.05, 0) is 95.9 Å². The Kier molecular flexibility index (Phi) is 8.07. The van der Waals surface area contributed by atoms with Crippen molar-refractivity contribution < 1.29 is 18.9 Å². The van der Waals surface area contributed by atoms with Crippen LogP contribution >= 0.6 is 0 Å². The lowest BCUT2D eigenvalue weighted by atomic mass is 9.72. The van der Waals surface area contributed by atoms with E-state index in [1.807, 2.05) is 0 Å². The molecule has 2 aromatic carbocycles. The van der Waals surface area contributed by atoms with Gasteiger partial charge in [0, 0.05) is 5.41 Å². The Hall–Kier alpha value is -2.36. The van der Waals surface area contributed by atoms with Gasteiger partial charge < -0.3 is 18.9 Å². The smallest absolute Gasteiger partial charge is 0.161 e. The molecule has 2 aliphatic rings. The lowest BCUT2D eigenvalue weighted by Gasteiger charge is -2.31. The van der Waals surface area contributed by atoms with Crippen LogP contribution in [-0.4, -0.2) is 26.4 Å². The normalized spacial score (nSPS) is 17.9. The summed E-state index contributed by atoms with van der Waals surface area (Å²) in [5.41, 5.74) is 5.48. The summed E-state index contributed by atoms with van der Waals surface area (Å²) >= 11 is 0. The third-order valence-electron chi connectivity index (χ3n) is 7.99. The van der Waals surface area contributed by atoms with Crippen LogP contribution in [0.4, 0.5) is 0 Å². The number of fused-ring (bicyclic) bond motifs is 4. The summed E-state index contributed by atoms with van der Waals surface area (Å²) in [6, 6.07) is 9.18. The van der Waals surface area contributed by atoms with Crippen molar-refractivity contribution >= 4 is 0 Å². The summed E-state index contributed by atoms with van der Waals surface area (Å²) in [4.78, 5) is 0. The van der Waals surface area contributed by atoms with Crippen molar-refractivity contribution in [3.8, 4) is 23.0 Å². The molecule has 0 atom stereocenters. The fraction of sp³-hybridized carbons (Fsp3) is 0.636. The first kappa shape index (κ1) is 27.7. The van der Waals surface area contributed by atoms with Gasteiger partial charge in [0.25, 0.3) is 0 Å². The van der Waals surface area contributed by atoms with Crippen LogP contribution in [0.25, 0.3) is 0 Å². The molecule has 4 nitrogen and oxygen atoms in total. The Balaban J connectivity index is 1.92. The zero-order chi connectivity index (χ0) is 26.8. The molecule has 0 bridgehead atoms. The molecule has 204 valence electrons. The van der Waals surface area contributed by atoms with Gasteiger partial charge in [-0.15, -0.1) is 0 Å². The fourth-order valence-electron chi connectivity index (χ4n) is 6.62. The maximum atomic E-state index is 6.29. The summed E-state index contributed by atoms with van der Waals surface area (Å²) < 4.78 is 25.0. The van der Waals surface area contributed by atoms with Gasteiger partial charge in [-0.3, -0.25) is 0 Å². The van der Waals surface area contributed by atoms with E-state index >= 15 is 0 Å². The topological polar surface area (TPSA) is 36.9 Å². The van der Waals surface area contributed by atoms with Crippen molar-refractivity contribution in [2.45, 2.75) is 110 Å². The third kappa shape index (κ3) is 5.05. The third-order valence-corrected chi connectivity index (χ3v) is 7.99. The molecule has 0 saturated carbocycles. The molecule has 0 saturated heterocycles. The number of hydrogen-bond donors (Lipinski definition) is 0. The summed E-state index contributed by atoms with van der Waals surface area (Å²) in [5, 5.41) is 0. The van der Waals surface area contributed by atoms with Crippen molar-refractivity contribution in [3.05, 3.63) is 46.5 Å². The number of benzene rings is 2. The second-order valence-corrected chi connectivity index (χ2v) is 12.3. The van der Waals surface area contributed by atoms with E-state index in [0.29, 0.717) is 26.4 Å². The molecule has 4 rings (SSSR count). The summed E-state index contributed by atoms with van der Waals surface area (Å²) in [6.45, 7) is 20.9. The molecule has 0 radical (unpaired) electrons. The molecular weight excluding hydrogens is 460 g/mol. The number of hydrogen-bond acceptors (Lipinski definition) is 4. The van der Waals surface area contributed by atoms with Crippen molar-refractivity contribution in [1.82, 2.24) is 0 Å². The summed E-state index contributed by atoms with van der Waals surface area (Å²) in [5.74, 6) is 3.52. The highest BCUT2D eigenvalue weighted by Crippen LogP contribution is 2.64. The lowest BCUT2D eigenvalue weighted by molar-refractivity contribution is 0.267. The lowest BCUT2D eigenvalue weighted by Crippen LogP contribution is -2.27. The highest BCUT2D eigenvalue weighted by atomic mass is 16.5. The van der Waals surface area contributed by atoms with E-state index in [2.05, 4.69) is 79.7 Å². The monoisotopic (exact) mass is 508 g/mol. The highest BCUT2D eigenvalue weighted by Gasteiger charge is 2.57. The zero-order valence-corrected chi connectivity index (χ0v) is 24.5. The van der Waals surface area contributed by atoms with Crippen molar-refractivity contribution in [2.75, 3.05) is 26.4 Å². The SMILES string of the molecule is CCCOc1cc2c(cc1OCCC)C1(CC2(C)C)CC(C)(C)c2cc(OCCC)c(OCCC)cc21. The molecule has 0 heterocycles. The molecule has 0 fully saturated rings.